The molecule has 0 saturated heterocycles. The number of hydrogen-bond donors (Lipinski definition) is 1. The molecule has 1 aromatic carbocycles. The Bertz CT molecular complexity index is 412. The molecule has 2 N–H and O–H groups in total. The molecule has 1 atom stereocenters. The second-order valence-corrected chi connectivity index (χ2v) is 4.07. The smallest absolute Gasteiger partial charge is 0.197 e. The second kappa shape index (κ2) is 5.56. The van der Waals surface area contributed by atoms with E-state index in [0.29, 0.717) is 17.7 Å². The summed E-state index contributed by atoms with van der Waals surface area (Å²) in [5.74, 6) is 0.302. The topological polar surface area (TPSA) is 44.5 Å². The van der Waals surface area contributed by atoms with E-state index in [2.05, 4.69) is 0 Å². The highest BCUT2D eigenvalue weighted by atomic mass is 35.5. The third kappa shape index (κ3) is 2.48. The Morgan fingerprint density at radius 2 is 2.06 bits per heavy atom. The van der Waals surface area contributed by atoms with Crippen LogP contribution in [0.4, 0.5) is 4.39 Å². The number of hydrogen-bond acceptors (Lipinski definition) is 3. The number of methoxy groups -OCH3 is 2. The number of aryl methyl sites for hydroxylation is 1. The van der Waals surface area contributed by atoms with E-state index >= 15 is 0 Å². The van der Waals surface area contributed by atoms with Crippen LogP contribution in [-0.4, -0.2) is 20.3 Å². The second-order valence-electron chi connectivity index (χ2n) is 4.07. The van der Waals surface area contributed by atoms with E-state index in [1.54, 1.807) is 0 Å². The van der Waals surface area contributed by atoms with Gasteiger partial charge in [-0.25, -0.2) is 4.39 Å². The molecule has 0 radical (unpaired) electrons. The maximum Gasteiger partial charge on any atom is 0.197 e. The lowest BCUT2D eigenvalue weighted by molar-refractivity contribution is 0.333. The molecule has 0 aliphatic heterocycles. The summed E-state index contributed by atoms with van der Waals surface area (Å²) in [5, 5.41) is 0. The first-order valence-electron chi connectivity index (χ1n) is 5.35. The molecule has 17 heavy (non-hydrogen) atoms. The minimum absolute atomic E-state index is 0. The molecule has 1 aromatic rings. The number of benzene rings is 1. The van der Waals surface area contributed by atoms with E-state index in [4.69, 9.17) is 15.2 Å². The Morgan fingerprint density at radius 3 is 2.65 bits per heavy atom. The molecule has 0 spiro atoms. The van der Waals surface area contributed by atoms with E-state index in [1.165, 1.54) is 14.2 Å². The Kier molecular flexibility index (Phi) is 4.60. The molecule has 0 heterocycles. The van der Waals surface area contributed by atoms with Crippen molar-refractivity contribution in [2.24, 2.45) is 5.73 Å². The predicted octanol–water partition coefficient (Wildman–Crippen LogP) is 2.08. The van der Waals surface area contributed by atoms with Crippen molar-refractivity contribution in [1.29, 1.82) is 0 Å². The number of ether oxygens (including phenoxy) is 2. The van der Waals surface area contributed by atoms with Crippen LogP contribution in [-0.2, 0) is 12.8 Å². The number of halogens is 2. The summed E-state index contributed by atoms with van der Waals surface area (Å²) < 4.78 is 24.3. The van der Waals surface area contributed by atoms with E-state index in [-0.39, 0.29) is 30.0 Å². The van der Waals surface area contributed by atoms with Crippen molar-refractivity contribution in [3.63, 3.8) is 0 Å². The van der Waals surface area contributed by atoms with E-state index in [9.17, 15) is 4.39 Å². The minimum Gasteiger partial charge on any atom is -0.493 e. The summed E-state index contributed by atoms with van der Waals surface area (Å²) in [7, 11) is 2.95. The largest absolute Gasteiger partial charge is 0.493 e. The van der Waals surface area contributed by atoms with Crippen molar-refractivity contribution in [2.45, 2.75) is 25.3 Å². The zero-order valence-corrected chi connectivity index (χ0v) is 10.8. The third-order valence-corrected chi connectivity index (χ3v) is 3.06. The number of nitrogens with two attached hydrogens (primary N) is 1. The Morgan fingerprint density at radius 1 is 1.35 bits per heavy atom. The molecule has 0 bridgehead atoms. The first-order chi connectivity index (χ1) is 7.67. The summed E-state index contributed by atoms with van der Waals surface area (Å²) in [6.45, 7) is 0. The molecular weight excluding hydrogens is 245 g/mol. The van der Waals surface area contributed by atoms with Crippen molar-refractivity contribution in [2.75, 3.05) is 14.2 Å². The van der Waals surface area contributed by atoms with E-state index in [0.717, 1.165) is 18.4 Å². The fourth-order valence-electron chi connectivity index (χ4n) is 2.19. The molecule has 5 heteroatoms. The van der Waals surface area contributed by atoms with Crippen molar-refractivity contribution in [3.8, 4) is 11.5 Å². The zero-order valence-electron chi connectivity index (χ0n) is 9.96. The van der Waals surface area contributed by atoms with Gasteiger partial charge in [-0.1, -0.05) is 0 Å². The van der Waals surface area contributed by atoms with Crippen LogP contribution in [0.2, 0.25) is 0 Å². The molecule has 1 aliphatic carbocycles. The van der Waals surface area contributed by atoms with Gasteiger partial charge in [-0.15, -0.1) is 12.4 Å². The van der Waals surface area contributed by atoms with Crippen molar-refractivity contribution in [3.05, 3.63) is 23.0 Å². The molecule has 0 aromatic heterocycles. The molecule has 2 rings (SSSR count). The van der Waals surface area contributed by atoms with Gasteiger partial charge >= 0.3 is 0 Å². The van der Waals surface area contributed by atoms with Gasteiger partial charge in [0.05, 0.1) is 14.2 Å². The lowest BCUT2D eigenvalue weighted by Gasteiger charge is -2.23. The van der Waals surface area contributed by atoms with Crippen LogP contribution in [0.1, 0.15) is 17.5 Å². The molecular formula is C12H17ClFNO2. The van der Waals surface area contributed by atoms with Gasteiger partial charge in [-0.2, -0.15) is 0 Å². The van der Waals surface area contributed by atoms with Crippen LogP contribution >= 0.6 is 12.4 Å². The normalized spacial score (nSPS) is 18.0. The highest BCUT2D eigenvalue weighted by Gasteiger charge is 2.24. The van der Waals surface area contributed by atoms with Gasteiger partial charge < -0.3 is 15.2 Å². The van der Waals surface area contributed by atoms with Gasteiger partial charge in [0.15, 0.2) is 17.3 Å². The highest BCUT2D eigenvalue weighted by molar-refractivity contribution is 5.85. The van der Waals surface area contributed by atoms with Crippen LogP contribution in [0.5, 0.6) is 11.5 Å². The monoisotopic (exact) mass is 261 g/mol. The third-order valence-electron chi connectivity index (χ3n) is 3.06. The van der Waals surface area contributed by atoms with Gasteiger partial charge in [0, 0.05) is 6.04 Å². The first-order valence-corrected chi connectivity index (χ1v) is 5.35. The maximum absolute atomic E-state index is 14.1. The zero-order chi connectivity index (χ0) is 11.7. The summed E-state index contributed by atoms with van der Waals surface area (Å²) in [6, 6.07) is 1.89. The molecule has 0 saturated carbocycles. The molecule has 1 unspecified atom stereocenters. The fourth-order valence-corrected chi connectivity index (χ4v) is 2.19. The maximum atomic E-state index is 14.1. The van der Waals surface area contributed by atoms with Crippen LogP contribution in [0.15, 0.2) is 6.07 Å². The fraction of sp³-hybridized carbons (Fsp3) is 0.500. The van der Waals surface area contributed by atoms with Crippen molar-refractivity contribution in [1.82, 2.24) is 0 Å². The average molecular weight is 262 g/mol. The average Bonchev–Trinajstić information content (AvgIpc) is 2.29. The van der Waals surface area contributed by atoms with Gasteiger partial charge in [0.25, 0.3) is 0 Å². The summed E-state index contributed by atoms with van der Waals surface area (Å²) in [4.78, 5) is 0. The van der Waals surface area contributed by atoms with E-state index < -0.39 is 0 Å². The number of fused-ring (bicyclic) bond motifs is 1. The standard InChI is InChI=1S/C12H16FNO2.ClH/c1-15-10-5-7-3-4-8(14)6-9(7)11(13)12(10)16-2;/h5,8H,3-4,6,14H2,1-2H3;1H. The number of rotatable bonds is 2. The Hall–Kier alpha value is -1.00. The van der Waals surface area contributed by atoms with Crippen LogP contribution in [0, 0.1) is 5.82 Å². The molecule has 1 aliphatic rings. The van der Waals surface area contributed by atoms with Crippen LogP contribution in [0.3, 0.4) is 0 Å². The minimum atomic E-state index is -0.327. The predicted molar refractivity (Wildman–Crippen MR) is 66.8 cm³/mol. The molecule has 96 valence electrons. The SMILES string of the molecule is COc1cc2c(c(F)c1OC)CC(N)CC2.Cl. The van der Waals surface area contributed by atoms with Gasteiger partial charge in [0.1, 0.15) is 0 Å². The Labute approximate surface area is 107 Å². The quantitative estimate of drug-likeness (QED) is 0.887. The summed E-state index contributed by atoms with van der Waals surface area (Å²) in [5.41, 5.74) is 7.50. The lowest BCUT2D eigenvalue weighted by Crippen LogP contribution is -2.28. The van der Waals surface area contributed by atoms with Gasteiger partial charge in [-0.3, -0.25) is 0 Å². The van der Waals surface area contributed by atoms with Crippen LogP contribution in [0.25, 0.3) is 0 Å². The summed E-state index contributed by atoms with van der Waals surface area (Å²) in [6.07, 6.45) is 2.26. The first kappa shape index (κ1) is 14.1. The van der Waals surface area contributed by atoms with E-state index in [1.807, 2.05) is 6.07 Å². The molecule has 0 amide bonds. The van der Waals surface area contributed by atoms with Crippen molar-refractivity contribution < 1.29 is 13.9 Å². The molecule has 3 nitrogen and oxygen atoms in total. The van der Waals surface area contributed by atoms with Crippen LogP contribution < -0.4 is 15.2 Å². The highest BCUT2D eigenvalue weighted by Crippen LogP contribution is 2.37. The van der Waals surface area contributed by atoms with Gasteiger partial charge in [0.2, 0.25) is 0 Å². The van der Waals surface area contributed by atoms with Crippen molar-refractivity contribution >= 4 is 12.4 Å². The lowest BCUT2D eigenvalue weighted by atomic mass is 9.88. The Balaban J connectivity index is 0.00000144. The van der Waals surface area contributed by atoms with Gasteiger partial charge in [-0.05, 0) is 36.5 Å². The summed E-state index contributed by atoms with van der Waals surface area (Å²) >= 11 is 0. The molecule has 0 fully saturated rings.